The summed E-state index contributed by atoms with van der Waals surface area (Å²) in [6.45, 7) is 0.455. The zero-order valence-corrected chi connectivity index (χ0v) is 11.3. The third-order valence-electron chi connectivity index (χ3n) is 2.81. The Morgan fingerprint density at radius 1 is 1.32 bits per heavy atom. The first-order valence-corrected chi connectivity index (χ1v) is 5.87. The third-order valence-corrected chi connectivity index (χ3v) is 2.81. The molecule has 1 heterocycles. The van der Waals surface area contributed by atoms with E-state index in [0.29, 0.717) is 6.54 Å². The molecular formula is C11H19N3O5. The van der Waals surface area contributed by atoms with Crippen molar-refractivity contribution in [2.75, 3.05) is 47.4 Å². The SMILES string of the molecule is CN(C)C(=O)CN(C)C(=O)N1CCOC(C(=O)O)C1. The van der Waals surface area contributed by atoms with Gasteiger partial charge in [0.1, 0.15) is 6.54 Å². The molecule has 8 nitrogen and oxygen atoms in total. The van der Waals surface area contributed by atoms with Gasteiger partial charge in [-0.1, -0.05) is 0 Å². The van der Waals surface area contributed by atoms with Crippen LogP contribution in [0.5, 0.6) is 0 Å². The average molecular weight is 273 g/mol. The fraction of sp³-hybridized carbons (Fsp3) is 0.727. The maximum atomic E-state index is 12.1. The van der Waals surface area contributed by atoms with E-state index >= 15 is 0 Å². The molecule has 1 atom stereocenters. The van der Waals surface area contributed by atoms with Crippen LogP contribution in [0.1, 0.15) is 0 Å². The number of hydrogen-bond acceptors (Lipinski definition) is 4. The van der Waals surface area contributed by atoms with Crippen LogP contribution in [0.15, 0.2) is 0 Å². The van der Waals surface area contributed by atoms with Crippen molar-refractivity contribution >= 4 is 17.9 Å². The van der Waals surface area contributed by atoms with E-state index in [9.17, 15) is 14.4 Å². The van der Waals surface area contributed by atoms with Crippen LogP contribution >= 0.6 is 0 Å². The molecule has 1 saturated heterocycles. The summed E-state index contributed by atoms with van der Waals surface area (Å²) >= 11 is 0. The summed E-state index contributed by atoms with van der Waals surface area (Å²) in [4.78, 5) is 38.4. The summed E-state index contributed by atoms with van der Waals surface area (Å²) < 4.78 is 5.03. The van der Waals surface area contributed by atoms with Crippen molar-refractivity contribution in [1.82, 2.24) is 14.7 Å². The van der Waals surface area contributed by atoms with Crippen molar-refractivity contribution in [3.8, 4) is 0 Å². The lowest BCUT2D eigenvalue weighted by molar-refractivity contribution is -0.154. The minimum absolute atomic E-state index is 0.00530. The fourth-order valence-corrected chi connectivity index (χ4v) is 1.63. The number of urea groups is 1. The minimum Gasteiger partial charge on any atom is -0.479 e. The number of nitrogens with zero attached hydrogens (tertiary/aromatic N) is 3. The van der Waals surface area contributed by atoms with Crippen LogP contribution < -0.4 is 0 Å². The number of amides is 3. The Labute approximate surface area is 111 Å². The van der Waals surface area contributed by atoms with Gasteiger partial charge in [-0.05, 0) is 0 Å². The molecule has 0 bridgehead atoms. The second-order valence-electron chi connectivity index (χ2n) is 4.57. The summed E-state index contributed by atoms with van der Waals surface area (Å²) in [5.41, 5.74) is 0. The minimum atomic E-state index is -1.09. The number of rotatable bonds is 3. The first-order valence-electron chi connectivity index (χ1n) is 5.87. The smallest absolute Gasteiger partial charge is 0.334 e. The Balaban J connectivity index is 2.56. The van der Waals surface area contributed by atoms with Crippen molar-refractivity contribution in [3.63, 3.8) is 0 Å². The molecular weight excluding hydrogens is 254 g/mol. The molecule has 1 N–H and O–H groups in total. The van der Waals surface area contributed by atoms with E-state index < -0.39 is 12.1 Å². The summed E-state index contributed by atoms with van der Waals surface area (Å²) in [6.07, 6.45) is -1.00. The first-order chi connectivity index (χ1) is 8.82. The normalized spacial score (nSPS) is 18.9. The maximum absolute atomic E-state index is 12.1. The number of aliphatic carboxylic acids is 1. The Morgan fingerprint density at radius 2 is 1.95 bits per heavy atom. The molecule has 8 heteroatoms. The van der Waals surface area contributed by atoms with Crippen molar-refractivity contribution in [2.24, 2.45) is 0 Å². The highest BCUT2D eigenvalue weighted by atomic mass is 16.5. The monoisotopic (exact) mass is 273 g/mol. The van der Waals surface area contributed by atoms with Gasteiger partial charge in [0.15, 0.2) is 6.10 Å². The lowest BCUT2D eigenvalue weighted by Crippen LogP contribution is -2.53. The van der Waals surface area contributed by atoms with Gasteiger partial charge in [-0.25, -0.2) is 9.59 Å². The quantitative estimate of drug-likeness (QED) is 0.706. The zero-order chi connectivity index (χ0) is 14.6. The Hall–Kier alpha value is -1.83. The zero-order valence-electron chi connectivity index (χ0n) is 11.3. The Kier molecular flexibility index (Phi) is 5.11. The van der Waals surface area contributed by atoms with Gasteiger partial charge in [-0.15, -0.1) is 0 Å². The van der Waals surface area contributed by atoms with Crippen molar-refractivity contribution in [3.05, 3.63) is 0 Å². The Bertz CT molecular complexity index is 371. The molecule has 0 aromatic rings. The second kappa shape index (κ2) is 6.37. The molecule has 0 aromatic heterocycles. The van der Waals surface area contributed by atoms with Crippen LogP contribution in [0.2, 0.25) is 0 Å². The van der Waals surface area contributed by atoms with Gasteiger partial charge in [0.05, 0.1) is 13.2 Å². The molecule has 108 valence electrons. The average Bonchev–Trinajstić information content (AvgIpc) is 2.37. The van der Waals surface area contributed by atoms with E-state index in [-0.39, 0.29) is 31.6 Å². The standard InChI is InChI=1S/C11H19N3O5/c1-12(2)9(15)7-13(3)11(18)14-4-5-19-8(6-14)10(16)17/h8H,4-7H2,1-3H3,(H,16,17). The van der Waals surface area contributed by atoms with Gasteiger partial charge >= 0.3 is 12.0 Å². The van der Waals surface area contributed by atoms with Crippen LogP contribution in [-0.2, 0) is 14.3 Å². The van der Waals surface area contributed by atoms with Gasteiger partial charge in [-0.3, -0.25) is 4.79 Å². The topological polar surface area (TPSA) is 90.4 Å². The second-order valence-corrected chi connectivity index (χ2v) is 4.57. The van der Waals surface area contributed by atoms with E-state index in [4.69, 9.17) is 9.84 Å². The summed E-state index contributed by atoms with van der Waals surface area (Å²) in [5, 5.41) is 8.86. The van der Waals surface area contributed by atoms with Crippen molar-refractivity contribution in [1.29, 1.82) is 0 Å². The molecule has 0 spiro atoms. The summed E-state index contributed by atoms with van der Waals surface area (Å²) in [5.74, 6) is -1.29. The first kappa shape index (κ1) is 15.2. The highest BCUT2D eigenvalue weighted by Gasteiger charge is 2.30. The van der Waals surface area contributed by atoms with E-state index in [1.807, 2.05) is 0 Å². The maximum Gasteiger partial charge on any atom is 0.334 e. The van der Waals surface area contributed by atoms with E-state index in [1.165, 1.54) is 21.7 Å². The number of carbonyl (C=O) groups is 3. The van der Waals surface area contributed by atoms with Crippen molar-refractivity contribution in [2.45, 2.75) is 6.10 Å². The fourth-order valence-electron chi connectivity index (χ4n) is 1.63. The number of hydrogen-bond donors (Lipinski definition) is 1. The number of ether oxygens (including phenoxy) is 1. The van der Waals surface area contributed by atoms with Crippen LogP contribution in [-0.4, -0.2) is 91.2 Å². The molecule has 1 unspecified atom stereocenters. The number of carboxylic acid groups (broad SMARTS) is 1. The van der Waals surface area contributed by atoms with E-state index in [2.05, 4.69) is 0 Å². The highest BCUT2D eigenvalue weighted by Crippen LogP contribution is 2.08. The number of carboxylic acids is 1. The van der Waals surface area contributed by atoms with E-state index in [0.717, 1.165) is 0 Å². The van der Waals surface area contributed by atoms with Crippen LogP contribution in [0.4, 0.5) is 4.79 Å². The molecule has 0 aliphatic carbocycles. The van der Waals surface area contributed by atoms with Gasteiger partial charge < -0.3 is 24.5 Å². The van der Waals surface area contributed by atoms with Crippen LogP contribution in [0.25, 0.3) is 0 Å². The molecule has 1 rings (SSSR count). The largest absolute Gasteiger partial charge is 0.479 e. The summed E-state index contributed by atoms with van der Waals surface area (Å²) in [7, 11) is 4.72. The predicted octanol–water partition coefficient (Wildman–Crippen LogP) is -1.09. The van der Waals surface area contributed by atoms with Gasteiger partial charge in [0.2, 0.25) is 5.91 Å². The van der Waals surface area contributed by atoms with Crippen LogP contribution in [0.3, 0.4) is 0 Å². The number of carbonyl (C=O) groups excluding carboxylic acids is 2. The molecule has 0 saturated carbocycles. The van der Waals surface area contributed by atoms with Gasteiger partial charge in [0, 0.05) is 27.7 Å². The Morgan fingerprint density at radius 3 is 2.47 bits per heavy atom. The highest BCUT2D eigenvalue weighted by molar-refractivity contribution is 5.84. The molecule has 1 fully saturated rings. The third kappa shape index (κ3) is 4.09. The molecule has 19 heavy (non-hydrogen) atoms. The van der Waals surface area contributed by atoms with Gasteiger partial charge in [-0.2, -0.15) is 0 Å². The van der Waals surface area contributed by atoms with Crippen LogP contribution in [0, 0.1) is 0 Å². The summed E-state index contributed by atoms with van der Waals surface area (Å²) in [6, 6.07) is -0.371. The number of morpholine rings is 1. The van der Waals surface area contributed by atoms with E-state index in [1.54, 1.807) is 14.1 Å². The molecule has 1 aliphatic rings. The number of likely N-dealkylation sites (N-methyl/N-ethyl adjacent to an activating group) is 2. The molecule has 0 radical (unpaired) electrons. The lowest BCUT2D eigenvalue weighted by atomic mass is 10.3. The lowest BCUT2D eigenvalue weighted by Gasteiger charge is -2.33. The molecule has 0 aromatic carbocycles. The molecule has 1 aliphatic heterocycles. The molecule has 3 amide bonds. The van der Waals surface area contributed by atoms with Gasteiger partial charge in [0.25, 0.3) is 0 Å². The van der Waals surface area contributed by atoms with Crippen molar-refractivity contribution < 1.29 is 24.2 Å². The predicted molar refractivity (Wildman–Crippen MR) is 65.7 cm³/mol.